The lowest BCUT2D eigenvalue weighted by molar-refractivity contribution is -0.384. The standard InChI is InChI=1S/C12H20N4O4S/c1-4-15(21(3,19)20)7-5-6-13-12-11(16(17)18)8-10(2)9-14-12/h8-9H,4-7H2,1-3H3,(H,13,14). The summed E-state index contributed by atoms with van der Waals surface area (Å²) < 4.78 is 24.2. The number of rotatable bonds is 8. The van der Waals surface area contributed by atoms with E-state index in [2.05, 4.69) is 10.3 Å². The average Bonchev–Trinajstić information content (AvgIpc) is 2.38. The van der Waals surface area contributed by atoms with Crippen LogP contribution in [-0.4, -0.2) is 48.5 Å². The van der Waals surface area contributed by atoms with Crippen molar-refractivity contribution in [3.05, 3.63) is 27.9 Å². The Bertz CT molecular complexity index is 603. The maximum atomic E-state index is 11.4. The number of nitrogens with one attached hydrogen (secondary N) is 1. The molecule has 0 radical (unpaired) electrons. The first-order valence-electron chi connectivity index (χ1n) is 6.55. The molecular weight excluding hydrogens is 296 g/mol. The monoisotopic (exact) mass is 316 g/mol. The largest absolute Gasteiger partial charge is 0.364 e. The van der Waals surface area contributed by atoms with Crippen molar-refractivity contribution in [1.82, 2.24) is 9.29 Å². The summed E-state index contributed by atoms with van der Waals surface area (Å²) in [5.74, 6) is 0.202. The normalized spacial score (nSPS) is 11.6. The highest BCUT2D eigenvalue weighted by molar-refractivity contribution is 7.88. The number of hydrogen-bond donors (Lipinski definition) is 1. The Hall–Kier alpha value is -1.74. The quantitative estimate of drug-likeness (QED) is 0.441. The lowest BCUT2D eigenvalue weighted by atomic mass is 10.3. The second-order valence-corrected chi connectivity index (χ2v) is 6.65. The smallest absolute Gasteiger partial charge is 0.311 e. The second kappa shape index (κ2) is 7.32. The maximum absolute atomic E-state index is 11.4. The molecule has 0 aliphatic rings. The van der Waals surface area contributed by atoms with E-state index in [0.29, 0.717) is 31.6 Å². The van der Waals surface area contributed by atoms with Crippen LogP contribution >= 0.6 is 0 Å². The fourth-order valence-corrected chi connectivity index (χ4v) is 2.78. The zero-order valence-corrected chi connectivity index (χ0v) is 13.2. The van der Waals surface area contributed by atoms with Crippen LogP contribution < -0.4 is 5.32 Å². The van der Waals surface area contributed by atoms with Crippen LogP contribution in [0.15, 0.2) is 12.3 Å². The zero-order chi connectivity index (χ0) is 16.0. The van der Waals surface area contributed by atoms with Crippen molar-refractivity contribution in [2.75, 3.05) is 31.2 Å². The molecule has 0 aromatic carbocycles. The molecule has 9 heteroatoms. The molecule has 1 N–H and O–H groups in total. The summed E-state index contributed by atoms with van der Waals surface area (Å²) in [6, 6.07) is 1.45. The van der Waals surface area contributed by atoms with Gasteiger partial charge in [0.1, 0.15) is 0 Å². The molecule has 0 spiro atoms. The van der Waals surface area contributed by atoms with Crippen LogP contribution in [0.25, 0.3) is 0 Å². The minimum Gasteiger partial charge on any atom is -0.364 e. The van der Waals surface area contributed by atoms with E-state index < -0.39 is 14.9 Å². The fourth-order valence-electron chi connectivity index (χ4n) is 1.85. The number of aryl methyl sites for hydroxylation is 1. The highest BCUT2D eigenvalue weighted by atomic mass is 32.2. The molecule has 0 amide bonds. The first-order chi connectivity index (χ1) is 9.75. The molecule has 1 rings (SSSR count). The maximum Gasteiger partial charge on any atom is 0.311 e. The van der Waals surface area contributed by atoms with Crippen LogP contribution in [0.4, 0.5) is 11.5 Å². The number of nitrogens with zero attached hydrogens (tertiary/aromatic N) is 3. The van der Waals surface area contributed by atoms with E-state index in [4.69, 9.17) is 0 Å². The minimum absolute atomic E-state index is 0.0783. The van der Waals surface area contributed by atoms with Gasteiger partial charge in [0, 0.05) is 31.9 Å². The molecule has 1 aromatic heterocycles. The van der Waals surface area contributed by atoms with Gasteiger partial charge in [-0.25, -0.2) is 17.7 Å². The molecule has 0 aliphatic heterocycles. The van der Waals surface area contributed by atoms with E-state index in [-0.39, 0.29) is 11.5 Å². The number of pyridine rings is 1. The van der Waals surface area contributed by atoms with Crippen LogP contribution in [0.3, 0.4) is 0 Å². The summed E-state index contributed by atoms with van der Waals surface area (Å²) in [6.45, 7) is 4.67. The van der Waals surface area contributed by atoms with E-state index in [1.54, 1.807) is 20.0 Å². The summed E-state index contributed by atoms with van der Waals surface area (Å²) >= 11 is 0. The van der Waals surface area contributed by atoms with Gasteiger partial charge in [0.25, 0.3) is 0 Å². The Labute approximate surface area is 124 Å². The zero-order valence-electron chi connectivity index (χ0n) is 12.4. The molecular formula is C12H20N4O4S. The van der Waals surface area contributed by atoms with E-state index in [1.807, 2.05) is 0 Å². The van der Waals surface area contributed by atoms with Gasteiger partial charge in [-0.15, -0.1) is 0 Å². The van der Waals surface area contributed by atoms with Gasteiger partial charge >= 0.3 is 5.69 Å². The first kappa shape index (κ1) is 17.3. The van der Waals surface area contributed by atoms with Crippen LogP contribution in [0.1, 0.15) is 18.9 Å². The lowest BCUT2D eigenvalue weighted by Gasteiger charge is -2.17. The van der Waals surface area contributed by atoms with Gasteiger partial charge in [0.05, 0.1) is 11.2 Å². The second-order valence-electron chi connectivity index (χ2n) is 4.67. The molecule has 0 saturated heterocycles. The van der Waals surface area contributed by atoms with Crippen LogP contribution in [0.5, 0.6) is 0 Å². The van der Waals surface area contributed by atoms with Crippen molar-refractivity contribution in [1.29, 1.82) is 0 Å². The summed E-state index contributed by atoms with van der Waals surface area (Å²) in [7, 11) is -3.21. The Morgan fingerprint density at radius 3 is 2.67 bits per heavy atom. The number of aromatic nitrogens is 1. The molecule has 0 unspecified atom stereocenters. The average molecular weight is 316 g/mol. The Morgan fingerprint density at radius 1 is 1.48 bits per heavy atom. The number of anilines is 1. The van der Waals surface area contributed by atoms with Crippen molar-refractivity contribution in [2.24, 2.45) is 0 Å². The third kappa shape index (κ3) is 5.27. The molecule has 0 saturated carbocycles. The Kier molecular flexibility index (Phi) is 6.03. The first-order valence-corrected chi connectivity index (χ1v) is 8.40. The summed E-state index contributed by atoms with van der Waals surface area (Å²) in [6.07, 6.45) is 3.24. The molecule has 0 fully saturated rings. The molecule has 21 heavy (non-hydrogen) atoms. The lowest BCUT2D eigenvalue weighted by Crippen LogP contribution is -2.31. The van der Waals surface area contributed by atoms with Gasteiger partial charge in [0.15, 0.2) is 0 Å². The molecule has 1 heterocycles. The van der Waals surface area contributed by atoms with Crippen molar-refractivity contribution in [3.8, 4) is 0 Å². The number of sulfonamides is 1. The Balaban J connectivity index is 2.59. The molecule has 0 atom stereocenters. The van der Waals surface area contributed by atoms with Crippen LogP contribution in [-0.2, 0) is 10.0 Å². The number of hydrogen-bond acceptors (Lipinski definition) is 6. The third-order valence-electron chi connectivity index (χ3n) is 2.90. The molecule has 0 bridgehead atoms. The van der Waals surface area contributed by atoms with E-state index in [1.165, 1.54) is 10.4 Å². The third-order valence-corrected chi connectivity index (χ3v) is 4.28. The topological polar surface area (TPSA) is 105 Å². The van der Waals surface area contributed by atoms with Crippen molar-refractivity contribution < 1.29 is 13.3 Å². The minimum atomic E-state index is -3.21. The number of nitro groups is 1. The van der Waals surface area contributed by atoms with Gasteiger partial charge in [-0.3, -0.25) is 10.1 Å². The van der Waals surface area contributed by atoms with Gasteiger partial charge in [0.2, 0.25) is 15.8 Å². The van der Waals surface area contributed by atoms with Gasteiger partial charge in [-0.2, -0.15) is 0 Å². The van der Waals surface area contributed by atoms with Crippen molar-refractivity contribution in [2.45, 2.75) is 20.3 Å². The van der Waals surface area contributed by atoms with E-state index >= 15 is 0 Å². The van der Waals surface area contributed by atoms with E-state index in [9.17, 15) is 18.5 Å². The van der Waals surface area contributed by atoms with Crippen LogP contribution in [0.2, 0.25) is 0 Å². The summed E-state index contributed by atoms with van der Waals surface area (Å²) in [5.41, 5.74) is 0.631. The van der Waals surface area contributed by atoms with Crippen LogP contribution in [0, 0.1) is 17.0 Å². The Morgan fingerprint density at radius 2 is 2.14 bits per heavy atom. The highest BCUT2D eigenvalue weighted by Gasteiger charge is 2.16. The summed E-state index contributed by atoms with van der Waals surface area (Å²) in [5, 5.41) is 13.8. The van der Waals surface area contributed by atoms with E-state index in [0.717, 1.165) is 6.26 Å². The van der Waals surface area contributed by atoms with Crippen molar-refractivity contribution >= 4 is 21.5 Å². The highest BCUT2D eigenvalue weighted by Crippen LogP contribution is 2.22. The van der Waals surface area contributed by atoms with Gasteiger partial charge in [-0.1, -0.05) is 6.92 Å². The molecule has 0 aliphatic carbocycles. The molecule has 118 valence electrons. The fraction of sp³-hybridized carbons (Fsp3) is 0.583. The van der Waals surface area contributed by atoms with Gasteiger partial charge < -0.3 is 5.32 Å². The molecule has 8 nitrogen and oxygen atoms in total. The predicted molar refractivity (Wildman–Crippen MR) is 80.8 cm³/mol. The summed E-state index contributed by atoms with van der Waals surface area (Å²) in [4.78, 5) is 14.4. The predicted octanol–water partition coefficient (Wildman–Crippen LogP) is 1.38. The van der Waals surface area contributed by atoms with Crippen molar-refractivity contribution in [3.63, 3.8) is 0 Å². The molecule has 1 aromatic rings. The van der Waals surface area contributed by atoms with Gasteiger partial charge in [-0.05, 0) is 18.9 Å². The SMILES string of the molecule is CCN(CCCNc1ncc(C)cc1[N+](=O)[O-])S(C)(=O)=O.